The van der Waals surface area contributed by atoms with E-state index in [0.29, 0.717) is 22.7 Å². The zero-order chi connectivity index (χ0) is 24.2. The molecular formula is C26H26ClN3O3S. The highest BCUT2D eigenvalue weighted by molar-refractivity contribution is 8.16. The predicted octanol–water partition coefficient (Wildman–Crippen LogP) is 5.75. The minimum Gasteiger partial charge on any atom is -0.466 e. The number of hydrogen-bond donors (Lipinski definition) is 1. The van der Waals surface area contributed by atoms with Gasteiger partial charge in [0.2, 0.25) is 5.91 Å². The number of esters is 1. The molecule has 2 aromatic rings. The molecule has 6 nitrogen and oxygen atoms in total. The molecule has 2 aliphatic rings. The zero-order valence-corrected chi connectivity index (χ0v) is 20.8. The van der Waals surface area contributed by atoms with E-state index in [1.807, 2.05) is 66.6 Å². The van der Waals surface area contributed by atoms with Gasteiger partial charge in [0, 0.05) is 10.7 Å². The largest absolute Gasteiger partial charge is 0.466 e. The fraction of sp³-hybridized carbons (Fsp3) is 0.269. The third kappa shape index (κ3) is 4.91. The van der Waals surface area contributed by atoms with E-state index in [1.54, 1.807) is 12.1 Å². The van der Waals surface area contributed by atoms with Crippen LogP contribution < -0.4 is 5.32 Å². The van der Waals surface area contributed by atoms with E-state index in [-0.39, 0.29) is 18.4 Å². The van der Waals surface area contributed by atoms with E-state index in [4.69, 9.17) is 21.3 Å². The Morgan fingerprint density at radius 3 is 2.53 bits per heavy atom. The molecule has 0 aromatic heterocycles. The monoisotopic (exact) mass is 495 g/mol. The summed E-state index contributed by atoms with van der Waals surface area (Å²) in [5.41, 5.74) is 3.84. The van der Waals surface area contributed by atoms with Gasteiger partial charge in [-0.2, -0.15) is 0 Å². The number of methoxy groups -OCH3 is 1. The molecule has 4 rings (SSSR count). The first-order valence-electron chi connectivity index (χ1n) is 11.1. The summed E-state index contributed by atoms with van der Waals surface area (Å²) in [6.45, 7) is 3.92. The average Bonchev–Trinajstić information content (AvgIpc) is 3.25. The first-order chi connectivity index (χ1) is 16.4. The summed E-state index contributed by atoms with van der Waals surface area (Å²) in [6.07, 6.45) is 0.736. The van der Waals surface area contributed by atoms with Crippen LogP contribution in [0, 0.1) is 0 Å². The van der Waals surface area contributed by atoms with Gasteiger partial charge in [-0.15, -0.1) is 0 Å². The van der Waals surface area contributed by atoms with Crippen LogP contribution >= 0.6 is 23.4 Å². The van der Waals surface area contributed by atoms with Crippen molar-refractivity contribution in [3.8, 4) is 0 Å². The van der Waals surface area contributed by atoms with Crippen LogP contribution in [-0.2, 0) is 14.3 Å². The molecule has 2 heterocycles. The maximum atomic E-state index is 13.0. The first kappa shape index (κ1) is 24.1. The van der Waals surface area contributed by atoms with Crippen LogP contribution in [0.25, 0.3) is 0 Å². The molecule has 0 saturated heterocycles. The lowest BCUT2D eigenvalue weighted by Crippen LogP contribution is -2.38. The molecule has 8 heteroatoms. The Kier molecular flexibility index (Phi) is 7.44. The van der Waals surface area contributed by atoms with Crippen molar-refractivity contribution in [1.29, 1.82) is 0 Å². The average molecular weight is 496 g/mol. The quantitative estimate of drug-likeness (QED) is 0.495. The van der Waals surface area contributed by atoms with E-state index in [9.17, 15) is 9.59 Å². The number of fused-ring (bicyclic) bond motifs is 1. The molecule has 34 heavy (non-hydrogen) atoms. The van der Waals surface area contributed by atoms with Crippen molar-refractivity contribution < 1.29 is 14.3 Å². The van der Waals surface area contributed by atoms with Gasteiger partial charge in [0.25, 0.3) is 0 Å². The van der Waals surface area contributed by atoms with Crippen LogP contribution in [-0.4, -0.2) is 29.1 Å². The number of amidine groups is 1. The maximum Gasteiger partial charge on any atom is 0.338 e. The predicted molar refractivity (Wildman–Crippen MR) is 136 cm³/mol. The number of allylic oxidation sites excluding steroid dienone is 1. The summed E-state index contributed by atoms with van der Waals surface area (Å²) in [5.74, 6) is -0.540. The third-order valence-electron chi connectivity index (χ3n) is 5.83. The third-order valence-corrected chi connectivity index (χ3v) is 6.97. The Morgan fingerprint density at radius 1 is 1.18 bits per heavy atom. The number of rotatable bonds is 7. The number of carbonyl (C=O) groups is 2. The summed E-state index contributed by atoms with van der Waals surface area (Å²) < 4.78 is 5.14. The van der Waals surface area contributed by atoms with Crippen molar-refractivity contribution in [2.24, 2.45) is 4.99 Å². The van der Waals surface area contributed by atoms with Crippen LogP contribution in [0.15, 0.2) is 82.0 Å². The van der Waals surface area contributed by atoms with Gasteiger partial charge in [-0.05, 0) is 42.0 Å². The Morgan fingerprint density at radius 2 is 1.88 bits per heavy atom. The van der Waals surface area contributed by atoms with Gasteiger partial charge < -0.3 is 15.0 Å². The lowest BCUT2D eigenvalue weighted by molar-refractivity contribution is -0.136. The first-order valence-corrected chi connectivity index (χ1v) is 12.3. The van der Waals surface area contributed by atoms with E-state index in [2.05, 4.69) is 5.32 Å². The second-order valence-corrected chi connectivity index (χ2v) is 9.30. The molecule has 0 unspecified atom stereocenters. The van der Waals surface area contributed by atoms with Gasteiger partial charge in [-0.1, -0.05) is 72.8 Å². The molecule has 0 radical (unpaired) electrons. The minimum atomic E-state index is -0.465. The standard InChI is InChI=1S/C26H26ClN3O3S/c1-4-21-23(25(32)33-3)24(18-10-12-19(27)13-11-18)30-20(15-34-26(30)29-21)14-22(31)28-16(2)17-8-6-5-7-9-17/h5-13,15-16,24H,4,14H2,1-3H3,(H,28,31)/t16-,24+/m1/s1. The fourth-order valence-corrected chi connectivity index (χ4v) is 5.22. The highest BCUT2D eigenvalue weighted by atomic mass is 35.5. The van der Waals surface area contributed by atoms with E-state index >= 15 is 0 Å². The summed E-state index contributed by atoms with van der Waals surface area (Å²) in [4.78, 5) is 32.6. The van der Waals surface area contributed by atoms with Gasteiger partial charge in [0.1, 0.15) is 0 Å². The molecular weight excluding hydrogens is 470 g/mol. The summed E-state index contributed by atoms with van der Waals surface area (Å²) in [5, 5.41) is 6.35. The highest BCUT2D eigenvalue weighted by Gasteiger charge is 2.41. The number of thioether (sulfide) groups is 1. The highest BCUT2D eigenvalue weighted by Crippen LogP contribution is 2.45. The number of nitrogens with one attached hydrogen (secondary N) is 1. The zero-order valence-electron chi connectivity index (χ0n) is 19.2. The number of aliphatic imine (C=N–C) groups is 1. The van der Waals surface area contributed by atoms with Crippen LogP contribution in [0.5, 0.6) is 0 Å². The summed E-state index contributed by atoms with van der Waals surface area (Å²) in [6, 6.07) is 16.6. The van der Waals surface area contributed by atoms with Crippen LogP contribution in [0.1, 0.15) is 49.9 Å². The molecule has 0 spiro atoms. The topological polar surface area (TPSA) is 71.0 Å². The van der Waals surface area contributed by atoms with Gasteiger partial charge in [0.15, 0.2) is 5.17 Å². The Bertz CT molecular complexity index is 1180. The molecule has 0 fully saturated rings. The van der Waals surface area contributed by atoms with Crippen molar-refractivity contribution in [2.75, 3.05) is 7.11 Å². The Balaban J connectivity index is 1.64. The van der Waals surface area contributed by atoms with Crippen molar-refractivity contribution in [3.63, 3.8) is 0 Å². The van der Waals surface area contributed by atoms with E-state index < -0.39 is 12.0 Å². The van der Waals surface area contributed by atoms with Crippen molar-refractivity contribution in [2.45, 2.75) is 38.8 Å². The lowest BCUT2D eigenvalue weighted by Gasteiger charge is -2.36. The number of halogens is 1. The van der Waals surface area contributed by atoms with Crippen molar-refractivity contribution >= 4 is 40.4 Å². The van der Waals surface area contributed by atoms with Gasteiger partial charge in [-0.25, -0.2) is 9.79 Å². The van der Waals surface area contributed by atoms with Crippen LogP contribution in [0.4, 0.5) is 0 Å². The smallest absolute Gasteiger partial charge is 0.338 e. The van der Waals surface area contributed by atoms with Crippen LogP contribution in [0.2, 0.25) is 5.02 Å². The number of ether oxygens (including phenoxy) is 1. The van der Waals surface area contributed by atoms with Crippen molar-refractivity contribution in [3.05, 3.63) is 93.1 Å². The molecule has 0 saturated carbocycles. The molecule has 2 aromatic carbocycles. The fourth-order valence-electron chi connectivity index (χ4n) is 4.15. The number of amides is 1. The van der Waals surface area contributed by atoms with Gasteiger partial charge in [0.05, 0.1) is 36.9 Å². The molecule has 0 bridgehead atoms. The normalized spacial score (nSPS) is 18.1. The molecule has 176 valence electrons. The second-order valence-electron chi connectivity index (χ2n) is 8.03. The second kappa shape index (κ2) is 10.5. The Hall–Kier alpha value is -3.03. The SMILES string of the molecule is CCC1=C(C(=O)OC)[C@H](c2ccc(Cl)cc2)N2C(CC(=O)N[C@H](C)c3ccccc3)=CSC2=N1. The molecule has 1 N–H and O–H groups in total. The lowest BCUT2D eigenvalue weighted by atomic mass is 9.93. The number of carbonyl (C=O) groups excluding carboxylic acids is 2. The molecule has 2 aliphatic heterocycles. The van der Waals surface area contributed by atoms with Gasteiger partial charge in [-0.3, -0.25) is 4.79 Å². The van der Waals surface area contributed by atoms with E-state index in [0.717, 1.165) is 22.0 Å². The maximum absolute atomic E-state index is 13.0. The van der Waals surface area contributed by atoms with E-state index in [1.165, 1.54) is 18.9 Å². The molecule has 2 atom stereocenters. The Labute approximate surface area is 208 Å². The summed E-state index contributed by atoms with van der Waals surface area (Å²) >= 11 is 7.59. The molecule has 0 aliphatic carbocycles. The minimum absolute atomic E-state index is 0.107. The number of hydrogen-bond acceptors (Lipinski definition) is 6. The van der Waals surface area contributed by atoms with Crippen LogP contribution in [0.3, 0.4) is 0 Å². The summed E-state index contributed by atoms with van der Waals surface area (Å²) in [7, 11) is 1.37. The molecule has 1 amide bonds. The number of nitrogens with zero attached hydrogens (tertiary/aromatic N) is 2. The van der Waals surface area contributed by atoms with Gasteiger partial charge >= 0.3 is 5.97 Å². The van der Waals surface area contributed by atoms with Crippen molar-refractivity contribution in [1.82, 2.24) is 10.2 Å². The number of benzene rings is 2.